The monoisotopic (exact) mass is 289 g/mol. The molecule has 0 fully saturated rings. The van der Waals surface area contributed by atoms with Crippen molar-refractivity contribution in [2.24, 2.45) is 7.05 Å². The highest BCUT2D eigenvalue weighted by Crippen LogP contribution is 2.15. The Bertz CT molecular complexity index is 814. The normalized spacial score (nSPS) is 11.2. The van der Waals surface area contributed by atoms with Gasteiger partial charge < -0.3 is 14.0 Å². The predicted molar refractivity (Wildman–Crippen MR) is 80.5 cm³/mol. The molecule has 0 aliphatic heterocycles. The molecule has 3 rings (SSSR count). The second-order valence-corrected chi connectivity index (χ2v) is 5.60. The number of aromatic nitrogens is 4. The number of nitrogens with zero attached hydrogens (tertiary/aromatic N) is 5. The molecule has 0 amide bonds. The molecule has 20 heavy (non-hydrogen) atoms. The number of hydrogen-bond acceptors (Lipinski definition) is 5. The van der Waals surface area contributed by atoms with Crippen molar-refractivity contribution in [3.05, 3.63) is 40.7 Å². The van der Waals surface area contributed by atoms with Crippen LogP contribution < -0.4 is 10.5 Å². The lowest BCUT2D eigenvalue weighted by Gasteiger charge is -2.05. The van der Waals surface area contributed by atoms with Crippen molar-refractivity contribution >= 4 is 27.6 Å². The van der Waals surface area contributed by atoms with Gasteiger partial charge in [0.2, 0.25) is 5.13 Å². The van der Waals surface area contributed by atoms with E-state index in [0.717, 1.165) is 10.5 Å². The van der Waals surface area contributed by atoms with Crippen LogP contribution in [0.5, 0.6) is 0 Å². The lowest BCUT2D eigenvalue weighted by molar-refractivity contribution is 0.728. The molecule has 0 bridgehead atoms. The zero-order valence-corrected chi connectivity index (χ0v) is 12.4. The molecule has 3 aromatic heterocycles. The molecule has 3 aromatic rings. The summed E-state index contributed by atoms with van der Waals surface area (Å²) in [6.45, 7) is 0.393. The van der Waals surface area contributed by atoms with Gasteiger partial charge in [-0.25, -0.2) is 4.98 Å². The Labute approximate surface area is 120 Å². The SMILES string of the molecule is CN(C)c1nc(Cn2ccc3ccn(C)c3c2=O)ns1. The lowest BCUT2D eigenvalue weighted by Crippen LogP contribution is -2.22. The number of rotatable bonds is 3. The molecule has 0 aliphatic rings. The zero-order valence-electron chi connectivity index (χ0n) is 11.6. The molecule has 0 saturated carbocycles. The summed E-state index contributed by atoms with van der Waals surface area (Å²) in [7, 11) is 5.72. The molecule has 104 valence electrons. The minimum Gasteiger partial charge on any atom is -0.353 e. The summed E-state index contributed by atoms with van der Waals surface area (Å²) >= 11 is 1.34. The summed E-state index contributed by atoms with van der Waals surface area (Å²) in [5.41, 5.74) is 0.687. The van der Waals surface area contributed by atoms with Crippen LogP contribution in [0.4, 0.5) is 5.13 Å². The fourth-order valence-corrected chi connectivity index (χ4v) is 2.69. The molecule has 0 aliphatic carbocycles. The van der Waals surface area contributed by atoms with Crippen LogP contribution in [0.1, 0.15) is 5.82 Å². The van der Waals surface area contributed by atoms with Crippen molar-refractivity contribution in [1.29, 1.82) is 0 Å². The molecule has 3 heterocycles. The number of hydrogen-bond donors (Lipinski definition) is 0. The van der Waals surface area contributed by atoms with Crippen molar-refractivity contribution in [1.82, 2.24) is 18.5 Å². The van der Waals surface area contributed by atoms with Gasteiger partial charge in [0.25, 0.3) is 5.56 Å². The van der Waals surface area contributed by atoms with Gasteiger partial charge in [-0.2, -0.15) is 4.37 Å². The molecule has 0 N–H and O–H groups in total. The van der Waals surface area contributed by atoms with E-state index < -0.39 is 0 Å². The van der Waals surface area contributed by atoms with Crippen LogP contribution in [0.25, 0.3) is 10.9 Å². The lowest BCUT2D eigenvalue weighted by atomic mass is 10.3. The first kappa shape index (κ1) is 12.9. The summed E-state index contributed by atoms with van der Waals surface area (Å²) in [6.07, 6.45) is 3.68. The van der Waals surface area contributed by atoms with Gasteiger partial charge in [-0.3, -0.25) is 4.79 Å². The van der Waals surface area contributed by atoms with Crippen molar-refractivity contribution < 1.29 is 0 Å². The smallest absolute Gasteiger partial charge is 0.275 e. The van der Waals surface area contributed by atoms with Gasteiger partial charge in [0.1, 0.15) is 5.52 Å². The van der Waals surface area contributed by atoms with Crippen LogP contribution >= 0.6 is 11.5 Å². The van der Waals surface area contributed by atoms with Crippen LogP contribution in [0.3, 0.4) is 0 Å². The van der Waals surface area contributed by atoms with E-state index in [0.29, 0.717) is 17.9 Å². The average Bonchev–Trinajstić information content (AvgIpc) is 3.00. The quantitative estimate of drug-likeness (QED) is 0.729. The summed E-state index contributed by atoms with van der Waals surface area (Å²) in [5, 5.41) is 1.79. The Hall–Kier alpha value is -2.15. The third kappa shape index (κ3) is 2.09. The Kier molecular flexibility index (Phi) is 3.06. The Morgan fingerprint density at radius 2 is 2.05 bits per heavy atom. The maximum Gasteiger partial charge on any atom is 0.275 e. The third-order valence-corrected chi connectivity index (χ3v) is 4.07. The minimum atomic E-state index is -0.0174. The van der Waals surface area contributed by atoms with Crippen molar-refractivity contribution in [3.8, 4) is 0 Å². The van der Waals surface area contributed by atoms with E-state index in [1.807, 2.05) is 48.9 Å². The Morgan fingerprint density at radius 3 is 2.75 bits per heavy atom. The molecular formula is C13H15N5OS. The largest absolute Gasteiger partial charge is 0.353 e. The number of pyridine rings is 1. The maximum absolute atomic E-state index is 12.4. The Balaban J connectivity index is 2.00. The fraction of sp³-hybridized carbons (Fsp3) is 0.308. The standard InChI is InChI=1S/C13H15N5OS/c1-16(2)13-14-10(15-20-13)8-18-7-5-9-4-6-17(3)11(9)12(18)19/h4-7H,8H2,1-3H3. The van der Waals surface area contributed by atoms with Gasteiger partial charge in [0.05, 0.1) is 6.54 Å². The van der Waals surface area contributed by atoms with Crippen LogP contribution in [-0.2, 0) is 13.6 Å². The minimum absolute atomic E-state index is 0.0174. The molecule has 0 aromatic carbocycles. The van der Waals surface area contributed by atoms with Gasteiger partial charge in [-0.1, -0.05) is 0 Å². The molecule has 0 saturated heterocycles. The molecule has 0 atom stereocenters. The van der Waals surface area contributed by atoms with E-state index in [4.69, 9.17) is 0 Å². The molecule has 7 heteroatoms. The van der Waals surface area contributed by atoms with Gasteiger partial charge >= 0.3 is 0 Å². The summed E-state index contributed by atoms with van der Waals surface area (Å²) < 4.78 is 7.77. The van der Waals surface area contributed by atoms with E-state index in [-0.39, 0.29) is 5.56 Å². The van der Waals surface area contributed by atoms with E-state index >= 15 is 0 Å². The van der Waals surface area contributed by atoms with Crippen molar-refractivity contribution in [2.45, 2.75) is 6.54 Å². The first-order valence-corrected chi connectivity index (χ1v) is 6.98. The zero-order chi connectivity index (χ0) is 14.3. The van der Waals surface area contributed by atoms with E-state index in [1.165, 1.54) is 11.5 Å². The van der Waals surface area contributed by atoms with Crippen molar-refractivity contribution in [3.63, 3.8) is 0 Å². The van der Waals surface area contributed by atoms with E-state index in [2.05, 4.69) is 9.36 Å². The van der Waals surface area contributed by atoms with Crippen LogP contribution in [0.15, 0.2) is 29.3 Å². The second-order valence-electron chi connectivity index (χ2n) is 4.87. The highest BCUT2D eigenvalue weighted by atomic mass is 32.1. The van der Waals surface area contributed by atoms with Crippen LogP contribution in [-0.4, -0.2) is 32.6 Å². The van der Waals surface area contributed by atoms with Crippen molar-refractivity contribution in [2.75, 3.05) is 19.0 Å². The number of anilines is 1. The second kappa shape index (κ2) is 4.75. The first-order chi connectivity index (χ1) is 9.56. The summed E-state index contributed by atoms with van der Waals surface area (Å²) in [4.78, 5) is 18.7. The van der Waals surface area contributed by atoms with Crippen LogP contribution in [0, 0.1) is 0 Å². The highest BCUT2D eigenvalue weighted by molar-refractivity contribution is 7.09. The molecule has 6 nitrogen and oxygen atoms in total. The van der Waals surface area contributed by atoms with E-state index in [1.54, 1.807) is 10.8 Å². The molecule has 0 spiro atoms. The average molecular weight is 289 g/mol. The Morgan fingerprint density at radius 1 is 1.30 bits per heavy atom. The highest BCUT2D eigenvalue weighted by Gasteiger charge is 2.10. The maximum atomic E-state index is 12.4. The van der Waals surface area contributed by atoms with Gasteiger partial charge in [-0.05, 0) is 12.1 Å². The van der Waals surface area contributed by atoms with E-state index in [9.17, 15) is 4.79 Å². The topological polar surface area (TPSA) is 56.0 Å². The van der Waals surface area contributed by atoms with Gasteiger partial charge in [0, 0.05) is 50.5 Å². The summed E-state index contributed by atoms with van der Waals surface area (Å²) in [6, 6.07) is 3.88. The first-order valence-electron chi connectivity index (χ1n) is 6.20. The van der Waals surface area contributed by atoms with Gasteiger partial charge in [0.15, 0.2) is 5.82 Å². The number of fused-ring (bicyclic) bond motifs is 1. The molecule has 0 unspecified atom stereocenters. The number of aryl methyl sites for hydroxylation is 1. The fourth-order valence-electron chi connectivity index (χ4n) is 2.10. The molecular weight excluding hydrogens is 274 g/mol. The van der Waals surface area contributed by atoms with Crippen LogP contribution in [0.2, 0.25) is 0 Å². The predicted octanol–water partition coefficient (Wildman–Crippen LogP) is 1.31. The van der Waals surface area contributed by atoms with Gasteiger partial charge in [-0.15, -0.1) is 0 Å². The third-order valence-electron chi connectivity index (χ3n) is 3.15. The molecule has 0 radical (unpaired) electrons. The summed E-state index contributed by atoms with van der Waals surface area (Å²) in [5.74, 6) is 0.661.